The van der Waals surface area contributed by atoms with E-state index in [1.165, 1.54) is 5.69 Å². The molecule has 0 bridgehead atoms. The van der Waals surface area contributed by atoms with E-state index in [-0.39, 0.29) is 6.42 Å². The summed E-state index contributed by atoms with van der Waals surface area (Å²) in [4.78, 5) is 15.4. The zero-order chi connectivity index (χ0) is 24.6. The Morgan fingerprint density at radius 3 is 2.11 bits per heavy atom. The molecular formula is C27H28Cl2N2O4. The molecule has 0 spiro atoms. The van der Waals surface area contributed by atoms with Gasteiger partial charge in [0.15, 0.2) is 0 Å². The van der Waals surface area contributed by atoms with Gasteiger partial charge in [-0.2, -0.15) is 0 Å². The first-order valence-electron chi connectivity index (χ1n) is 11.6. The van der Waals surface area contributed by atoms with Crippen LogP contribution >= 0.6 is 23.2 Å². The smallest absolute Gasteiger partial charge is 0.307 e. The zero-order valence-electron chi connectivity index (χ0n) is 19.3. The average Bonchev–Trinajstić information content (AvgIpc) is 2.86. The van der Waals surface area contributed by atoms with Crippen LogP contribution in [0, 0.1) is 0 Å². The fourth-order valence-corrected chi connectivity index (χ4v) is 4.32. The van der Waals surface area contributed by atoms with Crippen LogP contribution < -0.4 is 19.3 Å². The highest BCUT2D eigenvalue weighted by molar-refractivity contribution is 6.31. The number of hydrogen-bond donors (Lipinski definition) is 1. The molecule has 1 N–H and O–H groups in total. The van der Waals surface area contributed by atoms with Crippen molar-refractivity contribution in [1.82, 2.24) is 0 Å². The highest BCUT2D eigenvalue weighted by Gasteiger charge is 2.20. The first-order chi connectivity index (χ1) is 17.0. The van der Waals surface area contributed by atoms with Crippen molar-refractivity contribution in [2.45, 2.75) is 12.8 Å². The van der Waals surface area contributed by atoms with Crippen LogP contribution in [0.25, 0.3) is 0 Å². The number of hydrogen-bond acceptors (Lipinski definition) is 5. The number of nitrogens with zero attached hydrogens (tertiary/aromatic N) is 2. The molecule has 0 radical (unpaired) electrons. The molecule has 1 aliphatic heterocycles. The van der Waals surface area contributed by atoms with E-state index in [0.29, 0.717) is 30.4 Å². The second-order valence-electron chi connectivity index (χ2n) is 8.33. The van der Waals surface area contributed by atoms with E-state index >= 15 is 0 Å². The first kappa shape index (κ1) is 25.0. The van der Waals surface area contributed by atoms with Crippen LogP contribution in [0.3, 0.4) is 0 Å². The Labute approximate surface area is 215 Å². The summed E-state index contributed by atoms with van der Waals surface area (Å²) < 4.78 is 11.9. The van der Waals surface area contributed by atoms with Crippen molar-refractivity contribution in [2.75, 3.05) is 49.2 Å². The molecule has 3 aromatic carbocycles. The molecule has 0 aromatic heterocycles. The van der Waals surface area contributed by atoms with Crippen LogP contribution in [0.2, 0.25) is 10.0 Å². The number of anilines is 2. The van der Waals surface area contributed by atoms with Crippen molar-refractivity contribution in [3.8, 4) is 11.5 Å². The molecule has 1 aliphatic rings. The maximum Gasteiger partial charge on any atom is 0.307 e. The minimum absolute atomic E-state index is 0.00766. The van der Waals surface area contributed by atoms with Crippen molar-refractivity contribution in [3.05, 3.63) is 82.3 Å². The number of carboxylic acids is 1. The zero-order valence-corrected chi connectivity index (χ0v) is 20.8. The molecule has 6 nitrogen and oxygen atoms in total. The quantitative estimate of drug-likeness (QED) is 0.345. The van der Waals surface area contributed by atoms with Gasteiger partial charge >= 0.3 is 5.97 Å². The van der Waals surface area contributed by atoms with E-state index < -0.39 is 5.97 Å². The molecule has 0 amide bonds. The van der Waals surface area contributed by atoms with Crippen LogP contribution in [0.15, 0.2) is 66.7 Å². The minimum atomic E-state index is -0.846. The molecule has 4 rings (SSSR count). The second kappa shape index (κ2) is 12.0. The van der Waals surface area contributed by atoms with Gasteiger partial charge in [-0.05, 0) is 60.2 Å². The summed E-state index contributed by atoms with van der Waals surface area (Å²) in [7, 11) is 0. The maximum absolute atomic E-state index is 10.8. The fraction of sp³-hybridized carbons (Fsp3) is 0.296. The van der Waals surface area contributed by atoms with Gasteiger partial charge in [-0.15, -0.1) is 0 Å². The maximum atomic E-state index is 10.8. The highest BCUT2D eigenvalue weighted by atomic mass is 35.5. The van der Waals surface area contributed by atoms with Gasteiger partial charge in [0, 0.05) is 48.3 Å². The third-order valence-corrected chi connectivity index (χ3v) is 6.31. The van der Waals surface area contributed by atoms with Crippen molar-refractivity contribution in [3.63, 3.8) is 0 Å². The number of carboxylic acid groups (broad SMARTS) is 1. The summed E-state index contributed by atoms with van der Waals surface area (Å²) in [5, 5.41) is 10.3. The lowest BCUT2D eigenvalue weighted by molar-refractivity contribution is -0.136. The molecule has 3 aromatic rings. The molecule has 0 atom stereocenters. The van der Waals surface area contributed by atoms with Crippen molar-refractivity contribution in [2.24, 2.45) is 0 Å². The van der Waals surface area contributed by atoms with Crippen molar-refractivity contribution < 1.29 is 19.4 Å². The third kappa shape index (κ3) is 7.20. The van der Waals surface area contributed by atoms with Gasteiger partial charge in [0.1, 0.15) is 11.5 Å². The van der Waals surface area contributed by atoms with Gasteiger partial charge < -0.3 is 24.4 Å². The Hall–Kier alpha value is -3.09. The van der Waals surface area contributed by atoms with Crippen LogP contribution in [-0.2, 0) is 11.2 Å². The monoisotopic (exact) mass is 514 g/mol. The number of halogens is 2. The SMILES string of the molecule is O=C(O)Cc1ccc(OCCCOc2ccc(Cl)cc2N2CCN(c3ccc(Cl)cc3)CC2)cc1. The van der Waals surface area contributed by atoms with Gasteiger partial charge in [-0.1, -0.05) is 35.3 Å². The minimum Gasteiger partial charge on any atom is -0.493 e. The molecule has 0 unspecified atom stereocenters. The predicted molar refractivity (Wildman–Crippen MR) is 141 cm³/mol. The molecule has 1 heterocycles. The van der Waals surface area contributed by atoms with Gasteiger partial charge in [0.25, 0.3) is 0 Å². The summed E-state index contributed by atoms with van der Waals surface area (Å²) in [5.74, 6) is 0.679. The van der Waals surface area contributed by atoms with Crippen LogP contribution in [0.4, 0.5) is 11.4 Å². The van der Waals surface area contributed by atoms with E-state index in [4.69, 9.17) is 37.8 Å². The van der Waals surface area contributed by atoms with Gasteiger partial charge in [0.05, 0.1) is 25.3 Å². The summed E-state index contributed by atoms with van der Waals surface area (Å²) in [6.07, 6.45) is 0.719. The van der Waals surface area contributed by atoms with Gasteiger partial charge in [-0.25, -0.2) is 0 Å². The predicted octanol–water partition coefficient (Wildman–Crippen LogP) is 5.80. The lowest BCUT2D eigenvalue weighted by Crippen LogP contribution is -2.46. The molecule has 35 heavy (non-hydrogen) atoms. The van der Waals surface area contributed by atoms with Crippen LogP contribution in [0.5, 0.6) is 11.5 Å². The lowest BCUT2D eigenvalue weighted by atomic mass is 10.1. The highest BCUT2D eigenvalue weighted by Crippen LogP contribution is 2.33. The Morgan fingerprint density at radius 2 is 1.43 bits per heavy atom. The largest absolute Gasteiger partial charge is 0.493 e. The standard InChI is InChI=1S/C27H28Cl2N2O4/c28-21-4-7-23(8-5-21)30-12-14-31(15-13-30)25-19-22(29)6-11-26(25)35-17-1-16-34-24-9-2-20(3-10-24)18-27(32)33/h2-11,19H,1,12-18H2,(H,32,33). The summed E-state index contributed by atoms with van der Waals surface area (Å²) in [6, 6.07) is 20.8. The first-order valence-corrected chi connectivity index (χ1v) is 12.3. The van der Waals surface area contributed by atoms with E-state index in [1.807, 2.05) is 30.3 Å². The number of carbonyl (C=O) groups is 1. The van der Waals surface area contributed by atoms with E-state index in [1.54, 1.807) is 24.3 Å². The number of aliphatic carboxylic acids is 1. The topological polar surface area (TPSA) is 62.2 Å². The Balaban J connectivity index is 1.26. The second-order valence-corrected chi connectivity index (χ2v) is 9.20. The Kier molecular flexibility index (Phi) is 8.61. The molecule has 184 valence electrons. The Bertz CT molecular complexity index is 1120. The third-order valence-electron chi connectivity index (χ3n) is 5.83. The number of ether oxygens (including phenoxy) is 2. The molecule has 1 fully saturated rings. The van der Waals surface area contributed by atoms with E-state index in [9.17, 15) is 4.79 Å². The van der Waals surface area contributed by atoms with Crippen LogP contribution in [-0.4, -0.2) is 50.5 Å². The number of piperazine rings is 1. The summed E-state index contributed by atoms with van der Waals surface area (Å²) in [5.41, 5.74) is 2.92. The lowest BCUT2D eigenvalue weighted by Gasteiger charge is -2.38. The molecule has 0 aliphatic carbocycles. The molecule has 8 heteroatoms. The van der Waals surface area contributed by atoms with Gasteiger partial charge in [-0.3, -0.25) is 4.79 Å². The normalized spacial score (nSPS) is 13.5. The molecule has 1 saturated heterocycles. The van der Waals surface area contributed by atoms with Crippen molar-refractivity contribution >= 4 is 40.5 Å². The van der Waals surface area contributed by atoms with Crippen molar-refractivity contribution in [1.29, 1.82) is 0 Å². The molecular weight excluding hydrogens is 487 g/mol. The van der Waals surface area contributed by atoms with Gasteiger partial charge in [0.2, 0.25) is 0 Å². The summed E-state index contributed by atoms with van der Waals surface area (Å²) >= 11 is 12.3. The Morgan fingerprint density at radius 1 is 0.800 bits per heavy atom. The summed E-state index contributed by atoms with van der Waals surface area (Å²) in [6.45, 7) is 4.53. The van der Waals surface area contributed by atoms with E-state index in [0.717, 1.165) is 48.2 Å². The average molecular weight is 515 g/mol. The fourth-order valence-electron chi connectivity index (χ4n) is 4.03. The number of benzene rings is 3. The molecule has 0 saturated carbocycles. The number of rotatable bonds is 10. The van der Waals surface area contributed by atoms with E-state index in [2.05, 4.69) is 21.9 Å². The van der Waals surface area contributed by atoms with Crippen LogP contribution in [0.1, 0.15) is 12.0 Å².